The van der Waals surface area contributed by atoms with Crippen LogP contribution in [0.1, 0.15) is 19.8 Å². The van der Waals surface area contributed by atoms with Gasteiger partial charge in [0.2, 0.25) is 0 Å². The average molecular weight is 154 g/mol. The molecule has 0 fully saturated rings. The number of allylic oxidation sites excluding steroid dienone is 1. The Kier molecular flexibility index (Phi) is 2.41. The van der Waals surface area contributed by atoms with E-state index in [0.717, 1.165) is 0 Å². The topological polar surface area (TPSA) is 43.4 Å². The molecule has 0 spiro atoms. The van der Waals surface area contributed by atoms with E-state index in [4.69, 9.17) is 4.74 Å². The lowest BCUT2D eigenvalue weighted by Gasteiger charge is -2.16. The minimum atomic E-state index is -0.321. The number of esters is 1. The summed E-state index contributed by atoms with van der Waals surface area (Å²) in [5, 5.41) is 0. The molecule has 0 radical (unpaired) electrons. The molecule has 3 nitrogen and oxygen atoms in total. The standard InChI is InChI=1S/C8H10O3/c1-6(9)11-8-4-2-3-7(10)5-8/h2-3,8H,4-5H2,1H3. The molecule has 3 heteroatoms. The molecule has 0 saturated carbocycles. The molecule has 0 aliphatic heterocycles. The molecule has 0 amide bonds. The summed E-state index contributed by atoms with van der Waals surface area (Å²) < 4.78 is 4.85. The minimum absolute atomic E-state index is 0.0301. The molecule has 60 valence electrons. The van der Waals surface area contributed by atoms with Gasteiger partial charge in [-0.1, -0.05) is 6.08 Å². The second-order valence-corrected chi connectivity index (χ2v) is 2.54. The summed E-state index contributed by atoms with van der Waals surface area (Å²) in [6, 6.07) is 0. The van der Waals surface area contributed by atoms with Crippen molar-refractivity contribution in [3.8, 4) is 0 Å². The SMILES string of the molecule is CC(=O)OC1CC=CC(=O)C1. The largest absolute Gasteiger partial charge is 0.462 e. The van der Waals surface area contributed by atoms with E-state index in [0.29, 0.717) is 12.8 Å². The second-order valence-electron chi connectivity index (χ2n) is 2.54. The quantitative estimate of drug-likeness (QED) is 0.525. The highest BCUT2D eigenvalue weighted by molar-refractivity contribution is 5.91. The van der Waals surface area contributed by atoms with Crippen LogP contribution < -0.4 is 0 Å². The molecule has 1 atom stereocenters. The predicted octanol–water partition coefficient (Wildman–Crippen LogP) is 0.837. The lowest BCUT2D eigenvalue weighted by molar-refractivity contribution is -0.147. The first-order chi connectivity index (χ1) is 5.18. The minimum Gasteiger partial charge on any atom is -0.462 e. The molecule has 0 N–H and O–H groups in total. The van der Waals surface area contributed by atoms with Crippen LogP contribution in [0.4, 0.5) is 0 Å². The van der Waals surface area contributed by atoms with Gasteiger partial charge in [0.1, 0.15) is 6.10 Å². The zero-order chi connectivity index (χ0) is 8.27. The maximum absolute atomic E-state index is 10.8. The molecule has 1 unspecified atom stereocenters. The Hall–Kier alpha value is -1.12. The van der Waals surface area contributed by atoms with E-state index in [1.54, 1.807) is 6.08 Å². The lowest BCUT2D eigenvalue weighted by atomic mass is 10.0. The van der Waals surface area contributed by atoms with Crippen LogP contribution in [0.5, 0.6) is 0 Å². The molecular weight excluding hydrogens is 144 g/mol. The van der Waals surface area contributed by atoms with E-state index in [1.807, 2.05) is 0 Å². The van der Waals surface area contributed by atoms with Crippen molar-refractivity contribution >= 4 is 11.8 Å². The van der Waals surface area contributed by atoms with Crippen LogP contribution in [0.15, 0.2) is 12.2 Å². The molecule has 0 bridgehead atoms. The Morgan fingerprint density at radius 1 is 1.73 bits per heavy atom. The van der Waals surface area contributed by atoms with Crippen LogP contribution in [0.2, 0.25) is 0 Å². The summed E-state index contributed by atoms with van der Waals surface area (Å²) in [5.41, 5.74) is 0. The van der Waals surface area contributed by atoms with Gasteiger partial charge in [-0.25, -0.2) is 0 Å². The van der Waals surface area contributed by atoms with Gasteiger partial charge in [0.05, 0.1) is 0 Å². The first-order valence-corrected chi connectivity index (χ1v) is 3.55. The maximum atomic E-state index is 10.8. The fraction of sp³-hybridized carbons (Fsp3) is 0.500. The number of carbonyl (C=O) groups excluding carboxylic acids is 2. The number of ether oxygens (including phenoxy) is 1. The van der Waals surface area contributed by atoms with Crippen molar-refractivity contribution in [3.63, 3.8) is 0 Å². The summed E-state index contributed by atoms with van der Waals surface area (Å²) >= 11 is 0. The summed E-state index contributed by atoms with van der Waals surface area (Å²) in [6.07, 6.45) is 4.02. The molecule has 0 aromatic rings. The molecule has 0 heterocycles. The van der Waals surface area contributed by atoms with Gasteiger partial charge in [-0.15, -0.1) is 0 Å². The first kappa shape index (κ1) is 7.98. The summed E-state index contributed by atoms with van der Waals surface area (Å²) in [7, 11) is 0. The number of hydrogen-bond acceptors (Lipinski definition) is 3. The molecule has 1 aliphatic carbocycles. The van der Waals surface area contributed by atoms with E-state index in [9.17, 15) is 9.59 Å². The van der Waals surface area contributed by atoms with Gasteiger partial charge in [-0.2, -0.15) is 0 Å². The van der Waals surface area contributed by atoms with Crippen LogP contribution in [-0.4, -0.2) is 17.9 Å². The van der Waals surface area contributed by atoms with Crippen molar-refractivity contribution in [2.24, 2.45) is 0 Å². The lowest BCUT2D eigenvalue weighted by Crippen LogP contribution is -2.21. The van der Waals surface area contributed by atoms with Crippen molar-refractivity contribution in [3.05, 3.63) is 12.2 Å². The number of rotatable bonds is 1. The van der Waals surface area contributed by atoms with Gasteiger partial charge in [-0.3, -0.25) is 9.59 Å². The third kappa shape index (κ3) is 2.53. The maximum Gasteiger partial charge on any atom is 0.302 e. The van der Waals surface area contributed by atoms with Crippen molar-refractivity contribution in [2.75, 3.05) is 0 Å². The van der Waals surface area contributed by atoms with E-state index in [2.05, 4.69) is 0 Å². The van der Waals surface area contributed by atoms with Crippen molar-refractivity contribution in [1.29, 1.82) is 0 Å². The number of hydrogen-bond donors (Lipinski definition) is 0. The van der Waals surface area contributed by atoms with Crippen LogP contribution in [-0.2, 0) is 14.3 Å². The molecule has 11 heavy (non-hydrogen) atoms. The molecule has 0 aromatic heterocycles. The highest BCUT2D eigenvalue weighted by Crippen LogP contribution is 2.11. The zero-order valence-electron chi connectivity index (χ0n) is 6.37. The summed E-state index contributed by atoms with van der Waals surface area (Å²) in [5.74, 6) is -0.291. The summed E-state index contributed by atoms with van der Waals surface area (Å²) in [4.78, 5) is 21.2. The fourth-order valence-electron chi connectivity index (χ4n) is 1.05. The van der Waals surface area contributed by atoms with Gasteiger partial charge >= 0.3 is 5.97 Å². The third-order valence-corrected chi connectivity index (χ3v) is 1.46. The van der Waals surface area contributed by atoms with Gasteiger partial charge in [0.25, 0.3) is 0 Å². The summed E-state index contributed by atoms with van der Waals surface area (Å²) in [6.45, 7) is 1.35. The molecule has 1 aliphatic rings. The molecule has 1 rings (SSSR count). The molecular formula is C8H10O3. The number of ketones is 1. The third-order valence-electron chi connectivity index (χ3n) is 1.46. The van der Waals surface area contributed by atoms with Gasteiger partial charge in [0.15, 0.2) is 5.78 Å². The first-order valence-electron chi connectivity index (χ1n) is 3.55. The monoisotopic (exact) mass is 154 g/mol. The van der Waals surface area contributed by atoms with E-state index < -0.39 is 0 Å². The average Bonchev–Trinajstić information content (AvgIpc) is 1.85. The van der Waals surface area contributed by atoms with Crippen molar-refractivity contribution in [2.45, 2.75) is 25.9 Å². The smallest absolute Gasteiger partial charge is 0.302 e. The Morgan fingerprint density at radius 3 is 3.00 bits per heavy atom. The normalized spacial score (nSPS) is 23.4. The van der Waals surface area contributed by atoms with Gasteiger partial charge in [-0.05, 0) is 6.08 Å². The van der Waals surface area contributed by atoms with Crippen LogP contribution in [0, 0.1) is 0 Å². The molecule has 0 aromatic carbocycles. The number of carbonyl (C=O) groups is 2. The van der Waals surface area contributed by atoms with Crippen LogP contribution in [0.3, 0.4) is 0 Å². The van der Waals surface area contributed by atoms with Crippen molar-refractivity contribution < 1.29 is 14.3 Å². The fourth-order valence-corrected chi connectivity index (χ4v) is 1.05. The van der Waals surface area contributed by atoms with E-state index in [-0.39, 0.29) is 17.9 Å². The predicted molar refractivity (Wildman–Crippen MR) is 38.9 cm³/mol. The van der Waals surface area contributed by atoms with Crippen LogP contribution >= 0.6 is 0 Å². The Labute approximate surface area is 65.0 Å². The highest BCUT2D eigenvalue weighted by Gasteiger charge is 2.17. The Bertz CT molecular complexity index is 205. The Morgan fingerprint density at radius 2 is 2.45 bits per heavy atom. The van der Waals surface area contributed by atoms with E-state index in [1.165, 1.54) is 13.0 Å². The Balaban J connectivity index is 2.43. The second kappa shape index (κ2) is 3.32. The van der Waals surface area contributed by atoms with E-state index >= 15 is 0 Å². The highest BCUT2D eigenvalue weighted by atomic mass is 16.5. The van der Waals surface area contributed by atoms with Gasteiger partial charge < -0.3 is 4.74 Å². The van der Waals surface area contributed by atoms with Gasteiger partial charge in [0, 0.05) is 19.8 Å². The zero-order valence-corrected chi connectivity index (χ0v) is 6.37. The van der Waals surface area contributed by atoms with Crippen LogP contribution in [0.25, 0.3) is 0 Å². The van der Waals surface area contributed by atoms with Crippen molar-refractivity contribution in [1.82, 2.24) is 0 Å². The molecule has 0 saturated heterocycles.